The van der Waals surface area contributed by atoms with Gasteiger partial charge in [-0.2, -0.15) is 0 Å². The third kappa shape index (κ3) is 10.4. The van der Waals surface area contributed by atoms with Crippen molar-refractivity contribution in [2.45, 2.75) is 57.5 Å². The number of rotatable bonds is 12. The molecule has 60 heavy (non-hydrogen) atoms. The van der Waals surface area contributed by atoms with Gasteiger partial charge in [0, 0.05) is 24.2 Å². The van der Waals surface area contributed by atoms with Gasteiger partial charge in [0.1, 0.15) is 19.0 Å². The van der Waals surface area contributed by atoms with Crippen LogP contribution in [0.1, 0.15) is 58.9 Å². The van der Waals surface area contributed by atoms with Crippen LogP contribution in [0.5, 0.6) is 17.2 Å². The van der Waals surface area contributed by atoms with Gasteiger partial charge in [-0.1, -0.05) is 127 Å². The molecule has 2 N–H and O–H groups in total. The van der Waals surface area contributed by atoms with Crippen molar-refractivity contribution in [3.05, 3.63) is 182 Å². The quantitative estimate of drug-likeness (QED) is 0.118. The van der Waals surface area contributed by atoms with Crippen molar-refractivity contribution >= 4 is 47.2 Å². The molecule has 0 fully saturated rings. The second-order valence-electron chi connectivity index (χ2n) is 14.7. The summed E-state index contributed by atoms with van der Waals surface area (Å²) in [5.74, 6) is 2.19. The molecule has 8 nitrogen and oxygen atoms in total. The molecule has 3 atom stereocenters. The first-order chi connectivity index (χ1) is 29.2. The van der Waals surface area contributed by atoms with Crippen LogP contribution >= 0.6 is 34.8 Å². The Bertz CT molecular complexity index is 2380. The summed E-state index contributed by atoms with van der Waals surface area (Å²) in [6, 6.07) is 44.1. The summed E-state index contributed by atoms with van der Waals surface area (Å²) in [5.41, 5.74) is 8.79. The molecule has 6 aromatic carbocycles. The zero-order valence-electron chi connectivity index (χ0n) is 33.0. The summed E-state index contributed by atoms with van der Waals surface area (Å²) in [4.78, 5) is 24.9. The van der Waals surface area contributed by atoms with E-state index in [1.807, 2.05) is 66.7 Å². The molecule has 8 rings (SSSR count). The summed E-state index contributed by atoms with van der Waals surface area (Å²) in [6.45, 7) is 3.84. The number of halogens is 3. The van der Waals surface area contributed by atoms with E-state index in [1.165, 1.54) is 11.1 Å². The molecular weight excluding hydrogens is 819 g/mol. The Hall–Kier alpha value is -5.51. The fourth-order valence-corrected chi connectivity index (χ4v) is 8.22. The Morgan fingerprint density at radius 2 is 1.50 bits per heavy atom. The average Bonchev–Trinajstić information content (AvgIpc) is 3.27. The van der Waals surface area contributed by atoms with Gasteiger partial charge in [-0.05, 0) is 112 Å². The Morgan fingerprint density at radius 3 is 2.18 bits per heavy atom. The fraction of sp³-hybridized carbons (Fsp3) is 0.224. The fourth-order valence-electron chi connectivity index (χ4n) is 7.77. The van der Waals surface area contributed by atoms with Gasteiger partial charge in [-0.3, -0.25) is 14.5 Å². The normalized spacial score (nSPS) is 16.1. The van der Waals surface area contributed by atoms with E-state index in [0.717, 1.165) is 57.0 Å². The molecule has 2 aliphatic rings. The molecule has 11 heteroatoms. The zero-order chi connectivity index (χ0) is 42.0. The van der Waals surface area contributed by atoms with Crippen molar-refractivity contribution < 1.29 is 28.9 Å². The van der Waals surface area contributed by atoms with E-state index in [2.05, 4.69) is 77.8 Å². The topological polar surface area (TPSA) is 97.3 Å². The van der Waals surface area contributed by atoms with Crippen molar-refractivity contribution in [2.24, 2.45) is 0 Å². The number of nitrogens with zero attached hydrogens (tertiary/aromatic N) is 1. The lowest BCUT2D eigenvalue weighted by Crippen LogP contribution is -2.51. The number of amides is 1. The van der Waals surface area contributed by atoms with Crippen LogP contribution in [0.4, 0.5) is 0 Å². The van der Waals surface area contributed by atoms with Gasteiger partial charge in [0.05, 0.1) is 16.1 Å². The summed E-state index contributed by atoms with van der Waals surface area (Å²) in [6.07, 6.45) is 1.90. The van der Waals surface area contributed by atoms with Gasteiger partial charge >= 0.3 is 0 Å². The third-order valence-corrected chi connectivity index (χ3v) is 11.8. The monoisotopic (exact) mass is 862 g/mol. The van der Waals surface area contributed by atoms with Gasteiger partial charge in [-0.15, -0.1) is 0 Å². The number of hydrogen-bond donors (Lipinski definition) is 2. The van der Waals surface area contributed by atoms with E-state index in [-0.39, 0.29) is 30.6 Å². The highest BCUT2D eigenvalue weighted by Gasteiger charge is 2.37. The number of hydrogen-bond acceptors (Lipinski definition) is 6. The molecule has 0 aliphatic carbocycles. The summed E-state index contributed by atoms with van der Waals surface area (Å²) in [7, 11) is 0. The van der Waals surface area contributed by atoms with Crippen molar-refractivity contribution in [3.63, 3.8) is 0 Å². The molecule has 6 aromatic rings. The highest BCUT2D eigenvalue weighted by Crippen LogP contribution is 2.42. The van der Waals surface area contributed by atoms with Crippen LogP contribution in [0.2, 0.25) is 15.1 Å². The van der Waals surface area contributed by atoms with Gasteiger partial charge < -0.3 is 24.6 Å². The van der Waals surface area contributed by atoms with Crippen molar-refractivity contribution in [3.8, 4) is 28.4 Å². The summed E-state index contributed by atoms with van der Waals surface area (Å²) >= 11 is 18.3. The zero-order valence-corrected chi connectivity index (χ0v) is 35.3. The van der Waals surface area contributed by atoms with Crippen LogP contribution in [-0.2, 0) is 35.6 Å². The predicted molar refractivity (Wildman–Crippen MR) is 237 cm³/mol. The Morgan fingerprint density at radius 1 is 0.833 bits per heavy atom. The molecule has 0 spiro atoms. The smallest absolute Gasteiger partial charge is 0.290 e. The number of carbonyl (C=O) groups excluding carboxylic acids is 1. The lowest BCUT2D eigenvalue weighted by atomic mass is 9.89. The van der Waals surface area contributed by atoms with Crippen LogP contribution in [0.3, 0.4) is 0 Å². The predicted octanol–water partition coefficient (Wildman–Crippen LogP) is 11.3. The number of benzene rings is 6. The van der Waals surface area contributed by atoms with E-state index in [9.17, 15) is 4.79 Å². The Balaban J connectivity index is 0.00000176. The van der Waals surface area contributed by atoms with Crippen LogP contribution in [0.15, 0.2) is 133 Å². The van der Waals surface area contributed by atoms with E-state index in [4.69, 9.17) is 58.9 Å². The molecular formula is C49H45Cl3N2O6. The molecule has 0 aromatic heterocycles. The van der Waals surface area contributed by atoms with E-state index in [0.29, 0.717) is 54.3 Å². The van der Waals surface area contributed by atoms with E-state index >= 15 is 0 Å². The minimum Gasteiger partial charge on any atom is -0.489 e. The number of carboxylic acid groups (broad SMARTS) is 1. The van der Waals surface area contributed by atoms with E-state index in [1.54, 1.807) is 6.07 Å². The molecule has 3 unspecified atom stereocenters. The van der Waals surface area contributed by atoms with Gasteiger partial charge in [0.2, 0.25) is 5.91 Å². The van der Waals surface area contributed by atoms with Crippen molar-refractivity contribution in [1.29, 1.82) is 0 Å². The average molecular weight is 864 g/mol. The van der Waals surface area contributed by atoms with Crippen LogP contribution in [0, 0.1) is 0 Å². The third-order valence-electron chi connectivity index (χ3n) is 10.9. The first-order valence-corrected chi connectivity index (χ1v) is 21.0. The van der Waals surface area contributed by atoms with Crippen molar-refractivity contribution in [2.75, 3.05) is 13.2 Å². The molecule has 0 bridgehead atoms. The summed E-state index contributed by atoms with van der Waals surface area (Å²) < 4.78 is 18.9. The number of fused-ring (bicyclic) bond motifs is 2. The van der Waals surface area contributed by atoms with Gasteiger partial charge in [0.15, 0.2) is 17.6 Å². The SMILES string of the molecule is CCC(c1ccccc1)N1Cc2cc3c(cc2CC1C(=O)NCCc1ccc(-c2ccc(Cl)cc2)cc1)OCC(c1ccc(OCc2ccc(Cl)c(Cl)c2)cc1)O3.O=CO. The van der Waals surface area contributed by atoms with Gasteiger partial charge in [-0.25, -0.2) is 0 Å². The Labute approximate surface area is 365 Å². The van der Waals surface area contributed by atoms with Gasteiger partial charge in [0.25, 0.3) is 6.47 Å². The Kier molecular flexibility index (Phi) is 14.3. The minimum atomic E-state index is -0.345. The standard InChI is InChI=1S/C48H43Cl3N2O4.CH2O2/c1-2-43(35-6-4-3-5-7-35)53-28-38-27-46-45(56-30-47(57-46)36-15-19-40(20-16-36)55-29-32-10-21-41(50)42(51)24-32)26-37(38)25-44(53)48(54)52-23-22-31-8-11-33(12-9-31)34-13-17-39(49)18-14-34;2-1-3/h3-21,24,26-27,43-44,47H,2,22-23,25,28-30H2,1H3,(H,52,54);1H,(H,2,3). The number of carbonyl (C=O) groups is 2. The largest absolute Gasteiger partial charge is 0.489 e. The highest BCUT2D eigenvalue weighted by molar-refractivity contribution is 6.42. The lowest BCUT2D eigenvalue weighted by molar-refractivity contribution is -0.128. The molecule has 2 aliphatic heterocycles. The minimum absolute atomic E-state index is 0.0344. The number of ether oxygens (including phenoxy) is 3. The molecule has 0 saturated carbocycles. The van der Waals surface area contributed by atoms with Crippen molar-refractivity contribution in [1.82, 2.24) is 10.2 Å². The van der Waals surface area contributed by atoms with Crippen LogP contribution < -0.4 is 19.5 Å². The first-order valence-electron chi connectivity index (χ1n) is 19.9. The molecule has 0 radical (unpaired) electrons. The number of nitrogens with one attached hydrogen (secondary N) is 1. The molecule has 1 amide bonds. The lowest BCUT2D eigenvalue weighted by Gasteiger charge is -2.41. The highest BCUT2D eigenvalue weighted by atomic mass is 35.5. The maximum atomic E-state index is 14.1. The molecule has 0 saturated heterocycles. The summed E-state index contributed by atoms with van der Waals surface area (Å²) in [5, 5.41) is 11.9. The van der Waals surface area contributed by atoms with E-state index < -0.39 is 0 Å². The molecule has 308 valence electrons. The first kappa shape index (κ1) is 42.6. The van der Waals surface area contributed by atoms with Crippen LogP contribution in [0.25, 0.3) is 11.1 Å². The van der Waals surface area contributed by atoms with Crippen LogP contribution in [-0.4, -0.2) is 41.6 Å². The maximum Gasteiger partial charge on any atom is 0.290 e. The second kappa shape index (κ2) is 20.2. The molecule has 2 heterocycles. The second-order valence-corrected chi connectivity index (χ2v) is 15.9. The maximum absolute atomic E-state index is 14.1.